The smallest absolute Gasteiger partial charge is 0.255 e. The minimum Gasteiger partial charge on any atom is -0.489 e. The maximum Gasteiger partial charge on any atom is 0.255 e. The van der Waals surface area contributed by atoms with Gasteiger partial charge in [-0.05, 0) is 97.3 Å². The van der Waals surface area contributed by atoms with Crippen LogP contribution in [0.1, 0.15) is 116 Å². The van der Waals surface area contributed by atoms with Crippen LogP contribution in [0.3, 0.4) is 0 Å². The minimum absolute atomic E-state index is 0.0885. The molecule has 3 aromatic carbocycles. The van der Waals surface area contributed by atoms with E-state index in [1.165, 1.54) is 17.6 Å². The van der Waals surface area contributed by atoms with E-state index in [1.807, 2.05) is 24.3 Å². The van der Waals surface area contributed by atoms with Crippen molar-refractivity contribution in [3.63, 3.8) is 0 Å². The number of fused-ring (bicyclic) bond motifs is 1. The molecule has 3 heterocycles. The second kappa shape index (κ2) is 16.5. The number of benzene rings is 3. The molecule has 4 amide bonds. The van der Waals surface area contributed by atoms with Gasteiger partial charge in [0, 0.05) is 60.1 Å². The number of ether oxygens (including phenoxy) is 1. The predicted molar refractivity (Wildman–Crippen MR) is 220 cm³/mol. The summed E-state index contributed by atoms with van der Waals surface area (Å²) in [5, 5.41) is 15.2. The van der Waals surface area contributed by atoms with Crippen LogP contribution in [-0.4, -0.2) is 71.3 Å². The Morgan fingerprint density at radius 2 is 1.72 bits per heavy atom. The van der Waals surface area contributed by atoms with Gasteiger partial charge in [-0.15, -0.1) is 0 Å². The quantitative estimate of drug-likeness (QED) is 0.136. The third-order valence-electron chi connectivity index (χ3n) is 12.5. The molecule has 1 saturated heterocycles. The maximum absolute atomic E-state index is 13.4. The standard InChI is InChI=1S/C46H52ClN5O5/c1-45(2)43(46(3,4)44(45)57-35-16-14-33(27-48)37(47)26-35)50-40(54)31-12-10-29(11-13-31)9-7-5-6-8-22-51-23-20-30(21-24-51)32-15-17-36-34(25-32)28-52(42(36)56)38-18-19-39(53)49-41(38)55/h10-17,20,25-26,38,43-44H,5-9,18-19,21-24,28H2,1-4H3,(H,50,54)(H,49,53,55)/t38?,43-,44-. The van der Waals surface area contributed by atoms with E-state index in [2.05, 4.69) is 73.6 Å². The third-order valence-corrected chi connectivity index (χ3v) is 12.8. The molecule has 0 bridgehead atoms. The van der Waals surface area contributed by atoms with Crippen molar-refractivity contribution in [3.8, 4) is 11.8 Å². The summed E-state index contributed by atoms with van der Waals surface area (Å²) < 4.78 is 6.37. The highest BCUT2D eigenvalue weighted by atomic mass is 35.5. The highest BCUT2D eigenvalue weighted by Gasteiger charge is 2.64. The molecule has 2 N–H and O–H groups in total. The SMILES string of the molecule is CC1(C)[C@H](NC(=O)c2ccc(CCCCCCN3CC=C(c4ccc5c(c4)CN(C4CCC(=O)NC4=O)C5=O)CC3)cc2)C(C)(C)[C@H]1Oc1ccc(C#N)c(Cl)c1. The Morgan fingerprint density at radius 1 is 0.965 bits per heavy atom. The summed E-state index contributed by atoms with van der Waals surface area (Å²) in [4.78, 5) is 54.5. The van der Waals surface area contributed by atoms with Crippen LogP contribution in [0.5, 0.6) is 5.75 Å². The molecule has 298 valence electrons. The fraction of sp³-hybridized carbons (Fsp3) is 0.457. The molecule has 1 atom stereocenters. The molecule has 7 rings (SSSR count). The number of nitriles is 1. The molecule has 1 aliphatic carbocycles. The van der Waals surface area contributed by atoms with Crippen LogP contribution in [0.25, 0.3) is 5.57 Å². The summed E-state index contributed by atoms with van der Waals surface area (Å²) in [7, 11) is 0. The van der Waals surface area contributed by atoms with Crippen molar-refractivity contribution in [2.24, 2.45) is 10.8 Å². The van der Waals surface area contributed by atoms with E-state index in [-0.39, 0.29) is 53.0 Å². The van der Waals surface area contributed by atoms with Gasteiger partial charge in [-0.25, -0.2) is 0 Å². The zero-order valence-electron chi connectivity index (χ0n) is 33.3. The zero-order chi connectivity index (χ0) is 40.5. The molecule has 1 saturated carbocycles. The average molecular weight is 790 g/mol. The number of unbranched alkanes of at least 4 members (excludes halogenated alkanes) is 3. The lowest BCUT2D eigenvalue weighted by Gasteiger charge is -2.63. The molecular formula is C46H52ClN5O5. The first-order valence-corrected chi connectivity index (χ1v) is 20.6. The van der Waals surface area contributed by atoms with Crippen molar-refractivity contribution in [1.29, 1.82) is 5.26 Å². The minimum atomic E-state index is -0.597. The summed E-state index contributed by atoms with van der Waals surface area (Å²) in [6, 6.07) is 20.5. The number of nitrogens with zero attached hydrogens (tertiary/aromatic N) is 3. The molecule has 2 fully saturated rings. The first kappa shape index (κ1) is 40.2. The van der Waals surface area contributed by atoms with E-state index < -0.39 is 6.04 Å². The van der Waals surface area contributed by atoms with Gasteiger partial charge in [-0.1, -0.05) is 76.4 Å². The summed E-state index contributed by atoms with van der Waals surface area (Å²) in [5.41, 5.74) is 5.66. The van der Waals surface area contributed by atoms with E-state index in [1.54, 1.807) is 23.1 Å². The van der Waals surface area contributed by atoms with Gasteiger partial charge in [0.2, 0.25) is 11.8 Å². The third kappa shape index (κ3) is 8.37. The molecular weight excluding hydrogens is 738 g/mol. The van der Waals surface area contributed by atoms with Crippen LogP contribution in [-0.2, 0) is 22.6 Å². The monoisotopic (exact) mass is 789 g/mol. The van der Waals surface area contributed by atoms with Crippen molar-refractivity contribution < 1.29 is 23.9 Å². The van der Waals surface area contributed by atoms with E-state index in [4.69, 9.17) is 16.3 Å². The number of carbonyl (C=O) groups is 4. The van der Waals surface area contributed by atoms with Crippen molar-refractivity contribution in [3.05, 3.63) is 105 Å². The van der Waals surface area contributed by atoms with Gasteiger partial charge < -0.3 is 15.0 Å². The number of halogens is 1. The van der Waals surface area contributed by atoms with Gasteiger partial charge in [-0.2, -0.15) is 5.26 Å². The molecule has 3 aliphatic heterocycles. The zero-order valence-corrected chi connectivity index (χ0v) is 34.1. The first-order valence-electron chi connectivity index (χ1n) is 20.2. The summed E-state index contributed by atoms with van der Waals surface area (Å²) in [6.07, 6.45) is 9.29. The van der Waals surface area contributed by atoms with Gasteiger partial charge in [0.25, 0.3) is 11.8 Å². The van der Waals surface area contributed by atoms with E-state index in [9.17, 15) is 24.4 Å². The fourth-order valence-corrected chi connectivity index (χ4v) is 9.81. The molecule has 4 aliphatic rings. The van der Waals surface area contributed by atoms with Crippen LogP contribution in [0.2, 0.25) is 5.02 Å². The van der Waals surface area contributed by atoms with Gasteiger partial charge in [0.15, 0.2) is 0 Å². The highest BCUT2D eigenvalue weighted by molar-refractivity contribution is 6.31. The Bertz CT molecular complexity index is 2120. The maximum atomic E-state index is 13.4. The van der Waals surface area contributed by atoms with Crippen LogP contribution >= 0.6 is 11.6 Å². The Labute approximate surface area is 340 Å². The summed E-state index contributed by atoms with van der Waals surface area (Å²) in [5.74, 6) is -0.279. The summed E-state index contributed by atoms with van der Waals surface area (Å²) >= 11 is 6.24. The van der Waals surface area contributed by atoms with E-state index >= 15 is 0 Å². The number of carbonyl (C=O) groups excluding carboxylic acids is 4. The molecule has 0 radical (unpaired) electrons. The second-order valence-corrected chi connectivity index (χ2v) is 17.6. The average Bonchev–Trinajstić information content (AvgIpc) is 3.52. The fourth-order valence-electron chi connectivity index (χ4n) is 9.60. The predicted octanol–water partition coefficient (Wildman–Crippen LogP) is 7.48. The van der Waals surface area contributed by atoms with Crippen molar-refractivity contribution in [2.75, 3.05) is 19.6 Å². The molecule has 0 aromatic heterocycles. The second-order valence-electron chi connectivity index (χ2n) is 17.2. The number of rotatable bonds is 13. The van der Waals surface area contributed by atoms with Gasteiger partial charge in [0.1, 0.15) is 24.0 Å². The highest BCUT2D eigenvalue weighted by Crippen LogP contribution is 2.55. The number of amides is 4. The molecule has 57 heavy (non-hydrogen) atoms. The molecule has 11 heteroatoms. The van der Waals surface area contributed by atoms with Crippen LogP contribution in [0, 0.1) is 22.2 Å². The van der Waals surface area contributed by atoms with Crippen LogP contribution in [0.4, 0.5) is 0 Å². The molecule has 0 spiro atoms. The van der Waals surface area contributed by atoms with Crippen molar-refractivity contribution in [2.45, 2.75) is 104 Å². The normalized spacial score (nSPS) is 22.5. The van der Waals surface area contributed by atoms with Crippen molar-refractivity contribution >= 4 is 40.8 Å². The Hall–Kier alpha value is -4.98. The van der Waals surface area contributed by atoms with E-state index in [0.29, 0.717) is 40.4 Å². The topological polar surface area (TPSA) is 132 Å². The first-order chi connectivity index (χ1) is 27.3. The Balaban J connectivity index is 0.806. The summed E-state index contributed by atoms with van der Waals surface area (Å²) in [6.45, 7) is 11.8. The van der Waals surface area contributed by atoms with Gasteiger partial charge in [0.05, 0.1) is 10.6 Å². The number of hydrogen-bond donors (Lipinski definition) is 2. The number of imide groups is 1. The lowest BCUT2D eigenvalue weighted by molar-refractivity contribution is -0.164. The lowest BCUT2D eigenvalue weighted by Crippen LogP contribution is -2.74. The Morgan fingerprint density at radius 3 is 2.40 bits per heavy atom. The van der Waals surface area contributed by atoms with Gasteiger partial charge >= 0.3 is 0 Å². The van der Waals surface area contributed by atoms with Gasteiger partial charge in [-0.3, -0.25) is 29.4 Å². The largest absolute Gasteiger partial charge is 0.489 e. The number of nitrogens with one attached hydrogen (secondary N) is 2. The van der Waals surface area contributed by atoms with Crippen LogP contribution in [0.15, 0.2) is 66.7 Å². The molecule has 10 nitrogen and oxygen atoms in total. The number of hydrogen-bond acceptors (Lipinski definition) is 7. The Kier molecular flexibility index (Phi) is 11.6. The number of piperidine rings is 1. The van der Waals surface area contributed by atoms with Crippen molar-refractivity contribution in [1.82, 2.24) is 20.4 Å². The van der Waals surface area contributed by atoms with E-state index in [0.717, 1.165) is 62.9 Å². The molecule has 1 unspecified atom stereocenters. The lowest BCUT2D eigenvalue weighted by atomic mass is 9.49. The van der Waals surface area contributed by atoms with Crippen LogP contribution < -0.4 is 15.4 Å². The molecule has 3 aromatic rings. The number of aryl methyl sites for hydroxylation is 1.